The van der Waals surface area contributed by atoms with Gasteiger partial charge in [0, 0.05) is 12.7 Å². The smallest absolute Gasteiger partial charge is 0.344 e. The van der Waals surface area contributed by atoms with Crippen molar-refractivity contribution >= 4 is 29.2 Å². The standard InChI is InChI=1S/C16H18ClN3O5/c1-9-14(15(18)20-19-9)16(22)25-8-13(21)11-4-3-10(7-12(11)17)24-6-5-23-2/h3-4,7H,5-6,8H2,1-2H3,(H3,18,19,20). The van der Waals surface area contributed by atoms with Gasteiger partial charge in [-0.2, -0.15) is 5.10 Å². The minimum Gasteiger partial charge on any atom is -0.491 e. The number of anilines is 1. The molecule has 0 saturated carbocycles. The Morgan fingerprint density at radius 1 is 1.32 bits per heavy atom. The van der Waals surface area contributed by atoms with Gasteiger partial charge in [-0.05, 0) is 25.1 Å². The van der Waals surface area contributed by atoms with E-state index in [2.05, 4.69) is 10.2 Å². The minimum atomic E-state index is -0.729. The predicted octanol–water partition coefficient (Wildman–Crippen LogP) is 2.02. The lowest BCUT2D eigenvalue weighted by Gasteiger charge is -2.09. The average molecular weight is 368 g/mol. The number of hydrogen-bond donors (Lipinski definition) is 2. The van der Waals surface area contributed by atoms with Crippen molar-refractivity contribution < 1.29 is 23.8 Å². The fourth-order valence-electron chi connectivity index (χ4n) is 2.04. The number of nitrogens with two attached hydrogens (primary N) is 1. The number of carbonyl (C=O) groups is 2. The topological polar surface area (TPSA) is 117 Å². The molecule has 9 heteroatoms. The van der Waals surface area contributed by atoms with Crippen LogP contribution in [0.3, 0.4) is 0 Å². The van der Waals surface area contributed by atoms with Crippen molar-refractivity contribution in [3.05, 3.63) is 40.0 Å². The van der Waals surface area contributed by atoms with Crippen LogP contribution in [0.5, 0.6) is 5.75 Å². The third-order valence-corrected chi connectivity index (χ3v) is 3.62. The Bertz CT molecular complexity index is 756. The maximum atomic E-state index is 12.2. The van der Waals surface area contributed by atoms with Crippen molar-refractivity contribution in [2.45, 2.75) is 6.92 Å². The van der Waals surface area contributed by atoms with E-state index >= 15 is 0 Å². The molecule has 0 unspecified atom stereocenters. The van der Waals surface area contributed by atoms with Crippen LogP contribution in [-0.2, 0) is 9.47 Å². The fraction of sp³-hybridized carbons (Fsp3) is 0.312. The normalized spacial score (nSPS) is 10.5. The van der Waals surface area contributed by atoms with Crippen LogP contribution in [0.2, 0.25) is 5.02 Å². The van der Waals surface area contributed by atoms with E-state index in [1.54, 1.807) is 20.1 Å². The maximum absolute atomic E-state index is 12.2. The van der Waals surface area contributed by atoms with Gasteiger partial charge in [0.2, 0.25) is 5.78 Å². The molecule has 1 aromatic carbocycles. The number of carbonyl (C=O) groups excluding carboxylic acids is 2. The number of H-pyrrole nitrogens is 1. The van der Waals surface area contributed by atoms with Crippen LogP contribution in [0, 0.1) is 6.92 Å². The molecule has 1 heterocycles. The van der Waals surface area contributed by atoms with Gasteiger partial charge < -0.3 is 19.9 Å². The molecule has 2 aromatic rings. The number of aromatic amines is 1. The fourth-order valence-corrected chi connectivity index (χ4v) is 2.32. The average Bonchev–Trinajstić information content (AvgIpc) is 2.91. The van der Waals surface area contributed by atoms with E-state index in [0.29, 0.717) is 24.7 Å². The number of nitrogens with one attached hydrogen (secondary N) is 1. The number of rotatable bonds is 8. The number of ketones is 1. The van der Waals surface area contributed by atoms with Gasteiger partial charge in [0.25, 0.3) is 0 Å². The summed E-state index contributed by atoms with van der Waals surface area (Å²) in [6.07, 6.45) is 0. The number of benzene rings is 1. The Labute approximate surface area is 149 Å². The molecule has 0 aliphatic heterocycles. The zero-order chi connectivity index (χ0) is 18.4. The van der Waals surface area contributed by atoms with Gasteiger partial charge in [-0.3, -0.25) is 9.89 Å². The lowest BCUT2D eigenvalue weighted by atomic mass is 10.1. The number of esters is 1. The Kier molecular flexibility index (Phi) is 6.37. The maximum Gasteiger partial charge on any atom is 0.344 e. The molecule has 0 aliphatic rings. The van der Waals surface area contributed by atoms with Crippen LogP contribution < -0.4 is 10.5 Å². The molecule has 25 heavy (non-hydrogen) atoms. The Hall–Kier alpha value is -2.58. The summed E-state index contributed by atoms with van der Waals surface area (Å²) in [6, 6.07) is 4.64. The van der Waals surface area contributed by atoms with E-state index in [1.165, 1.54) is 12.1 Å². The molecule has 0 aliphatic carbocycles. The van der Waals surface area contributed by atoms with Crippen molar-refractivity contribution in [3.63, 3.8) is 0 Å². The molecule has 8 nitrogen and oxygen atoms in total. The first-order valence-corrected chi connectivity index (χ1v) is 7.74. The second kappa shape index (κ2) is 8.50. The number of aromatic nitrogens is 2. The number of aryl methyl sites for hydroxylation is 1. The van der Waals surface area contributed by atoms with Gasteiger partial charge in [-0.15, -0.1) is 0 Å². The summed E-state index contributed by atoms with van der Waals surface area (Å²) in [7, 11) is 1.57. The van der Waals surface area contributed by atoms with Gasteiger partial charge in [-0.1, -0.05) is 11.6 Å². The number of Topliss-reactive ketones (excluding diaryl/α,β-unsaturated/α-hetero) is 1. The monoisotopic (exact) mass is 367 g/mol. The van der Waals surface area contributed by atoms with Crippen LogP contribution in [0.1, 0.15) is 26.4 Å². The van der Waals surface area contributed by atoms with Gasteiger partial charge in [0.15, 0.2) is 6.61 Å². The zero-order valence-corrected chi connectivity index (χ0v) is 14.6. The molecule has 0 radical (unpaired) electrons. The Morgan fingerprint density at radius 2 is 2.08 bits per heavy atom. The molecular formula is C16H18ClN3O5. The van der Waals surface area contributed by atoms with Gasteiger partial charge >= 0.3 is 5.97 Å². The summed E-state index contributed by atoms with van der Waals surface area (Å²) in [5, 5.41) is 6.47. The van der Waals surface area contributed by atoms with E-state index in [9.17, 15) is 9.59 Å². The molecular weight excluding hydrogens is 350 g/mol. The Morgan fingerprint density at radius 3 is 2.68 bits per heavy atom. The van der Waals surface area contributed by atoms with Crippen molar-refractivity contribution in [2.75, 3.05) is 32.7 Å². The quantitative estimate of drug-likeness (QED) is 0.416. The number of nitrogen functional groups attached to an aromatic ring is 1. The largest absolute Gasteiger partial charge is 0.491 e. The SMILES string of the molecule is COCCOc1ccc(C(=O)COC(=O)c2c(C)n[nH]c2N)c(Cl)c1. The lowest BCUT2D eigenvalue weighted by molar-refractivity contribution is 0.0475. The van der Waals surface area contributed by atoms with E-state index in [-0.39, 0.29) is 22.0 Å². The van der Waals surface area contributed by atoms with Crippen LogP contribution in [0.25, 0.3) is 0 Å². The second-order valence-electron chi connectivity index (χ2n) is 5.08. The first kappa shape index (κ1) is 18.8. The molecule has 0 spiro atoms. The molecule has 0 bridgehead atoms. The van der Waals surface area contributed by atoms with Crippen LogP contribution in [-0.4, -0.2) is 48.9 Å². The highest BCUT2D eigenvalue weighted by atomic mass is 35.5. The van der Waals surface area contributed by atoms with Crippen LogP contribution in [0.4, 0.5) is 5.82 Å². The van der Waals surface area contributed by atoms with E-state index in [0.717, 1.165) is 0 Å². The van der Waals surface area contributed by atoms with E-state index in [1.807, 2.05) is 0 Å². The summed E-state index contributed by atoms with van der Waals surface area (Å²) >= 11 is 6.09. The highest BCUT2D eigenvalue weighted by Gasteiger charge is 2.20. The highest BCUT2D eigenvalue weighted by Crippen LogP contribution is 2.23. The molecule has 3 N–H and O–H groups in total. The van der Waals surface area contributed by atoms with Crippen LogP contribution in [0.15, 0.2) is 18.2 Å². The Balaban J connectivity index is 1.97. The minimum absolute atomic E-state index is 0.0885. The first-order chi connectivity index (χ1) is 11.9. The number of nitrogens with zero attached hydrogens (tertiary/aromatic N) is 1. The molecule has 0 amide bonds. The summed E-state index contributed by atoms with van der Waals surface area (Å²) in [5.74, 6) is -0.572. The third-order valence-electron chi connectivity index (χ3n) is 3.31. The van der Waals surface area contributed by atoms with Crippen molar-refractivity contribution in [2.24, 2.45) is 0 Å². The summed E-state index contributed by atoms with van der Waals surface area (Å²) in [6.45, 7) is 1.94. The van der Waals surface area contributed by atoms with Gasteiger partial charge in [0.1, 0.15) is 23.7 Å². The zero-order valence-electron chi connectivity index (χ0n) is 13.8. The molecule has 134 valence electrons. The molecule has 0 atom stereocenters. The lowest BCUT2D eigenvalue weighted by Crippen LogP contribution is -2.16. The molecule has 0 saturated heterocycles. The summed E-state index contributed by atoms with van der Waals surface area (Å²) in [5.41, 5.74) is 6.34. The number of methoxy groups -OCH3 is 1. The van der Waals surface area contributed by atoms with Crippen molar-refractivity contribution in [1.29, 1.82) is 0 Å². The van der Waals surface area contributed by atoms with Crippen molar-refractivity contribution in [3.8, 4) is 5.75 Å². The van der Waals surface area contributed by atoms with Crippen molar-refractivity contribution in [1.82, 2.24) is 10.2 Å². The number of ether oxygens (including phenoxy) is 3. The van der Waals surface area contributed by atoms with E-state index in [4.69, 9.17) is 31.5 Å². The number of halogens is 1. The molecule has 0 fully saturated rings. The summed E-state index contributed by atoms with van der Waals surface area (Å²) in [4.78, 5) is 24.2. The number of hydrogen-bond acceptors (Lipinski definition) is 7. The second-order valence-corrected chi connectivity index (χ2v) is 5.49. The molecule has 2 rings (SSSR count). The highest BCUT2D eigenvalue weighted by molar-refractivity contribution is 6.34. The summed E-state index contributed by atoms with van der Waals surface area (Å²) < 4.78 is 15.3. The van der Waals surface area contributed by atoms with Crippen LogP contribution >= 0.6 is 11.6 Å². The van der Waals surface area contributed by atoms with Gasteiger partial charge in [-0.25, -0.2) is 4.79 Å². The first-order valence-electron chi connectivity index (χ1n) is 7.36. The van der Waals surface area contributed by atoms with E-state index < -0.39 is 18.4 Å². The van der Waals surface area contributed by atoms with Gasteiger partial charge in [0.05, 0.1) is 17.3 Å². The third kappa shape index (κ3) is 4.71. The predicted molar refractivity (Wildman–Crippen MR) is 91.2 cm³/mol. The molecule has 1 aromatic heterocycles.